The molecule has 0 aromatic carbocycles. The van der Waals surface area contributed by atoms with Crippen molar-refractivity contribution in [3.05, 3.63) is 42.5 Å². The first kappa shape index (κ1) is 14.2. The van der Waals surface area contributed by atoms with Crippen LogP contribution in [0.5, 0.6) is 0 Å². The smallest absolute Gasteiger partial charge is 0.244 e. The van der Waals surface area contributed by atoms with E-state index < -0.39 is 10.0 Å². The van der Waals surface area contributed by atoms with Gasteiger partial charge in [0.15, 0.2) is 0 Å². The summed E-state index contributed by atoms with van der Waals surface area (Å²) < 4.78 is 33.9. The second kappa shape index (κ2) is 5.55. The lowest BCUT2D eigenvalue weighted by Crippen LogP contribution is -2.42. The van der Waals surface area contributed by atoms with Crippen molar-refractivity contribution in [2.24, 2.45) is 7.05 Å². The number of nitrogens with zero attached hydrogens (tertiary/aromatic N) is 4. The van der Waals surface area contributed by atoms with Crippen LogP contribution in [-0.4, -0.2) is 47.2 Å². The van der Waals surface area contributed by atoms with Crippen molar-refractivity contribution in [1.82, 2.24) is 19.1 Å². The van der Waals surface area contributed by atoms with Gasteiger partial charge in [-0.3, -0.25) is 9.67 Å². The summed E-state index contributed by atoms with van der Waals surface area (Å²) in [4.78, 5) is 4.08. The maximum absolute atomic E-state index is 12.6. The van der Waals surface area contributed by atoms with Crippen LogP contribution in [0.25, 0.3) is 0 Å². The standard InChI is InChI=1S/C13H16N4O3S/c1-16-9-11(7-15-16)13-10-17(5-6-20-13)21(18,19)12-3-2-4-14-8-12/h2-4,7-9,13H,5-6,10H2,1H3/t13-/m1/s1. The first-order valence-electron chi connectivity index (χ1n) is 6.58. The van der Waals surface area contributed by atoms with Gasteiger partial charge in [0.2, 0.25) is 10.0 Å². The number of rotatable bonds is 3. The van der Waals surface area contributed by atoms with Crippen LogP contribution in [0.4, 0.5) is 0 Å². The van der Waals surface area contributed by atoms with Gasteiger partial charge >= 0.3 is 0 Å². The topological polar surface area (TPSA) is 77.3 Å². The second-order valence-electron chi connectivity index (χ2n) is 4.86. The molecule has 8 heteroatoms. The number of sulfonamides is 1. The maximum Gasteiger partial charge on any atom is 0.244 e. The third-order valence-corrected chi connectivity index (χ3v) is 5.25. The van der Waals surface area contributed by atoms with Gasteiger partial charge in [0.1, 0.15) is 4.90 Å². The molecule has 3 rings (SSSR count). The number of aryl methyl sites for hydroxylation is 1. The molecule has 1 atom stereocenters. The lowest BCUT2D eigenvalue weighted by atomic mass is 10.2. The van der Waals surface area contributed by atoms with E-state index in [9.17, 15) is 8.42 Å². The lowest BCUT2D eigenvalue weighted by Gasteiger charge is -2.31. The molecule has 0 radical (unpaired) electrons. The molecule has 21 heavy (non-hydrogen) atoms. The zero-order valence-electron chi connectivity index (χ0n) is 11.6. The molecule has 2 aromatic rings. The van der Waals surface area contributed by atoms with Crippen molar-refractivity contribution in [1.29, 1.82) is 0 Å². The summed E-state index contributed by atoms with van der Waals surface area (Å²) in [5, 5.41) is 4.10. The lowest BCUT2D eigenvalue weighted by molar-refractivity contribution is -0.00259. The van der Waals surface area contributed by atoms with Gasteiger partial charge in [-0.05, 0) is 12.1 Å². The predicted molar refractivity (Wildman–Crippen MR) is 74.9 cm³/mol. The molecule has 112 valence electrons. The number of aromatic nitrogens is 3. The fourth-order valence-corrected chi connectivity index (χ4v) is 3.69. The molecule has 0 amide bonds. The van der Waals surface area contributed by atoms with Crippen LogP contribution in [0.2, 0.25) is 0 Å². The van der Waals surface area contributed by atoms with E-state index in [0.717, 1.165) is 5.56 Å². The molecule has 1 aliphatic heterocycles. The molecule has 0 unspecified atom stereocenters. The molecule has 1 fully saturated rings. The van der Waals surface area contributed by atoms with E-state index in [0.29, 0.717) is 13.2 Å². The van der Waals surface area contributed by atoms with Crippen molar-refractivity contribution in [3.63, 3.8) is 0 Å². The molecule has 0 N–H and O–H groups in total. The zero-order valence-corrected chi connectivity index (χ0v) is 12.4. The summed E-state index contributed by atoms with van der Waals surface area (Å²) in [6.45, 7) is 0.982. The highest BCUT2D eigenvalue weighted by atomic mass is 32.2. The van der Waals surface area contributed by atoms with Crippen molar-refractivity contribution >= 4 is 10.0 Å². The van der Waals surface area contributed by atoms with Gasteiger partial charge in [-0.15, -0.1) is 0 Å². The fraction of sp³-hybridized carbons (Fsp3) is 0.385. The van der Waals surface area contributed by atoms with Crippen LogP contribution in [0.15, 0.2) is 41.8 Å². The van der Waals surface area contributed by atoms with Gasteiger partial charge in [-0.2, -0.15) is 9.40 Å². The normalized spacial score (nSPS) is 20.5. The van der Waals surface area contributed by atoms with Crippen LogP contribution in [0.1, 0.15) is 11.7 Å². The third kappa shape index (κ3) is 2.82. The molecule has 0 aliphatic carbocycles. The second-order valence-corrected chi connectivity index (χ2v) is 6.80. The van der Waals surface area contributed by atoms with Gasteiger partial charge in [0.25, 0.3) is 0 Å². The molecule has 0 bridgehead atoms. The first-order valence-corrected chi connectivity index (χ1v) is 8.02. The van der Waals surface area contributed by atoms with E-state index in [4.69, 9.17) is 4.74 Å². The molecule has 3 heterocycles. The Hall–Kier alpha value is -1.77. The molecule has 1 saturated heterocycles. The predicted octanol–water partition coefficient (Wildman–Crippen LogP) is 0.577. The Morgan fingerprint density at radius 3 is 2.90 bits per heavy atom. The van der Waals surface area contributed by atoms with Crippen molar-refractivity contribution in [2.45, 2.75) is 11.0 Å². The van der Waals surface area contributed by atoms with Crippen LogP contribution < -0.4 is 0 Å². The van der Waals surface area contributed by atoms with Crippen LogP contribution in [0, 0.1) is 0 Å². The van der Waals surface area contributed by atoms with Gasteiger partial charge in [0.05, 0.1) is 18.9 Å². The van der Waals surface area contributed by atoms with Crippen LogP contribution in [-0.2, 0) is 21.8 Å². The first-order chi connectivity index (χ1) is 10.1. The Kier molecular flexibility index (Phi) is 3.75. The van der Waals surface area contributed by atoms with Crippen LogP contribution >= 0.6 is 0 Å². The molecule has 0 saturated carbocycles. The summed E-state index contributed by atoms with van der Waals surface area (Å²) >= 11 is 0. The van der Waals surface area contributed by atoms with Gasteiger partial charge in [0, 0.05) is 44.3 Å². The van der Waals surface area contributed by atoms with E-state index in [-0.39, 0.29) is 17.5 Å². The Morgan fingerprint density at radius 1 is 1.38 bits per heavy atom. The number of pyridine rings is 1. The molecule has 2 aromatic heterocycles. The summed E-state index contributed by atoms with van der Waals surface area (Å²) in [5.41, 5.74) is 0.878. The SMILES string of the molecule is Cn1cc([C@H]2CN(S(=O)(=O)c3cccnc3)CCO2)cn1. The minimum Gasteiger partial charge on any atom is -0.371 e. The molecule has 7 nitrogen and oxygen atoms in total. The van der Waals surface area contributed by atoms with Gasteiger partial charge in [-0.1, -0.05) is 0 Å². The quantitative estimate of drug-likeness (QED) is 0.829. The van der Waals surface area contributed by atoms with E-state index in [1.54, 1.807) is 29.2 Å². The van der Waals surface area contributed by atoms with Gasteiger partial charge in [-0.25, -0.2) is 8.42 Å². The largest absolute Gasteiger partial charge is 0.371 e. The van der Waals surface area contributed by atoms with Crippen LogP contribution in [0.3, 0.4) is 0 Å². The molecule has 0 spiro atoms. The van der Waals surface area contributed by atoms with Gasteiger partial charge < -0.3 is 4.74 Å². The summed E-state index contributed by atoms with van der Waals surface area (Å²) in [6, 6.07) is 3.17. The minimum atomic E-state index is -3.53. The van der Waals surface area contributed by atoms with Crippen molar-refractivity contribution in [2.75, 3.05) is 19.7 Å². The Bertz CT molecular complexity index is 714. The average molecular weight is 308 g/mol. The van der Waals surface area contributed by atoms with Crippen molar-refractivity contribution < 1.29 is 13.2 Å². The Morgan fingerprint density at radius 2 is 2.24 bits per heavy atom. The molecule has 1 aliphatic rings. The third-order valence-electron chi connectivity index (χ3n) is 3.40. The monoisotopic (exact) mass is 308 g/mol. The fourth-order valence-electron chi connectivity index (χ4n) is 2.30. The molecular formula is C13H16N4O3S. The maximum atomic E-state index is 12.6. The Labute approximate surface area is 123 Å². The van der Waals surface area contributed by atoms with E-state index in [1.165, 1.54) is 10.5 Å². The van der Waals surface area contributed by atoms with E-state index in [2.05, 4.69) is 10.1 Å². The number of ether oxygens (including phenoxy) is 1. The molecular weight excluding hydrogens is 292 g/mol. The number of hydrogen-bond acceptors (Lipinski definition) is 5. The summed E-state index contributed by atoms with van der Waals surface area (Å²) in [5.74, 6) is 0. The highest BCUT2D eigenvalue weighted by molar-refractivity contribution is 7.89. The highest BCUT2D eigenvalue weighted by Crippen LogP contribution is 2.25. The van der Waals surface area contributed by atoms with Crippen molar-refractivity contribution in [3.8, 4) is 0 Å². The number of hydrogen-bond donors (Lipinski definition) is 0. The van der Waals surface area contributed by atoms with E-state index in [1.807, 2.05) is 13.2 Å². The summed E-state index contributed by atoms with van der Waals surface area (Å²) in [6.07, 6.45) is 6.16. The highest BCUT2D eigenvalue weighted by Gasteiger charge is 2.32. The zero-order chi connectivity index (χ0) is 14.9. The Balaban J connectivity index is 1.83. The number of morpholine rings is 1. The average Bonchev–Trinajstić information content (AvgIpc) is 2.95. The minimum absolute atomic E-state index is 0.205. The van der Waals surface area contributed by atoms with E-state index >= 15 is 0 Å². The summed E-state index contributed by atoms with van der Waals surface area (Å²) in [7, 11) is -1.72.